The smallest absolute Gasteiger partial charge is 0.218 e. The molecule has 31 heavy (non-hydrogen) atoms. The van der Waals surface area contributed by atoms with Crippen molar-refractivity contribution in [3.63, 3.8) is 0 Å². The molecule has 3 saturated heterocycles. The molecule has 1 spiro atoms. The van der Waals surface area contributed by atoms with Crippen LogP contribution < -0.4 is 0 Å². The monoisotopic (exact) mass is 417 g/mol. The van der Waals surface area contributed by atoms with E-state index in [-0.39, 0.29) is 5.90 Å². The van der Waals surface area contributed by atoms with Gasteiger partial charge in [-0.25, -0.2) is 0 Å². The van der Waals surface area contributed by atoms with Crippen LogP contribution in [0.2, 0.25) is 0 Å². The number of aromatic nitrogens is 1. The van der Waals surface area contributed by atoms with Gasteiger partial charge in [0.2, 0.25) is 11.7 Å². The summed E-state index contributed by atoms with van der Waals surface area (Å²) in [6.07, 6.45) is 11.6. The van der Waals surface area contributed by atoms with E-state index in [1.165, 1.54) is 12.8 Å². The van der Waals surface area contributed by atoms with Gasteiger partial charge in [0.1, 0.15) is 6.10 Å². The molecule has 0 unspecified atom stereocenters. The lowest BCUT2D eigenvalue weighted by Gasteiger charge is -2.62. The molecule has 3 aliphatic heterocycles. The van der Waals surface area contributed by atoms with Crippen molar-refractivity contribution in [2.75, 3.05) is 0 Å². The van der Waals surface area contributed by atoms with Gasteiger partial charge < -0.3 is 9.47 Å². The number of nitrogens with zero attached hydrogens (tertiary/aromatic N) is 4. The third-order valence-electron chi connectivity index (χ3n) is 7.33. The molecule has 1 aromatic heterocycles. The standard InChI is InChI=1S/C24H27N5O2/c25-15-22(16-26)19-9-7-5-3-1-2-4-6-8-12-24(19)30-20(18-10-13-29-14-11-18)23(22,17-27)21(28)31-24/h10-11,13-14,19-20,28H,1-9,12H2/t19-,20+,23+,24+/m0/s1. The SMILES string of the molecule is N#CC1(C#N)[C@@H]2CCCCCCCCCC[C@@]23OC(=N)[C@@]1(C#N)[C@@H](c1ccncc1)O3. The Morgan fingerprint density at radius 2 is 1.52 bits per heavy atom. The van der Waals surface area contributed by atoms with Crippen LogP contribution in [0, 0.1) is 56.2 Å². The Morgan fingerprint density at radius 3 is 2.13 bits per heavy atom. The first-order valence-electron chi connectivity index (χ1n) is 11.2. The van der Waals surface area contributed by atoms with Crippen molar-refractivity contribution in [2.45, 2.75) is 76.1 Å². The van der Waals surface area contributed by atoms with Crippen LogP contribution in [0.15, 0.2) is 24.5 Å². The first-order chi connectivity index (χ1) is 15.1. The van der Waals surface area contributed by atoms with Crippen LogP contribution in [-0.2, 0) is 9.47 Å². The van der Waals surface area contributed by atoms with E-state index in [9.17, 15) is 15.8 Å². The summed E-state index contributed by atoms with van der Waals surface area (Å²) in [6, 6.07) is 10.1. The van der Waals surface area contributed by atoms with Gasteiger partial charge in [0.25, 0.3) is 0 Å². The summed E-state index contributed by atoms with van der Waals surface area (Å²) in [7, 11) is 0. The lowest BCUT2D eigenvalue weighted by atomic mass is 9.49. The molecule has 7 heteroatoms. The molecule has 4 atom stereocenters. The molecule has 0 radical (unpaired) electrons. The molecule has 5 rings (SSSR count). The predicted molar refractivity (Wildman–Crippen MR) is 111 cm³/mol. The zero-order valence-electron chi connectivity index (χ0n) is 17.6. The highest BCUT2D eigenvalue weighted by Gasteiger charge is 2.79. The van der Waals surface area contributed by atoms with Crippen LogP contribution in [0.4, 0.5) is 0 Å². The minimum atomic E-state index is -1.83. The van der Waals surface area contributed by atoms with E-state index in [1.54, 1.807) is 24.5 Å². The molecule has 4 heterocycles. The summed E-state index contributed by atoms with van der Waals surface area (Å²) in [5, 5.41) is 40.0. The van der Waals surface area contributed by atoms with Crippen molar-refractivity contribution >= 4 is 5.90 Å². The number of fused-ring (bicyclic) bond motifs is 2. The molecule has 7 nitrogen and oxygen atoms in total. The number of hydrogen-bond acceptors (Lipinski definition) is 7. The summed E-state index contributed by atoms with van der Waals surface area (Å²) in [4.78, 5) is 4.04. The van der Waals surface area contributed by atoms with Crippen LogP contribution >= 0.6 is 0 Å². The van der Waals surface area contributed by atoms with Gasteiger partial charge in [-0.2, -0.15) is 15.8 Å². The fourth-order valence-electron chi connectivity index (χ4n) is 5.74. The van der Waals surface area contributed by atoms with E-state index < -0.39 is 28.6 Å². The molecule has 4 fully saturated rings. The summed E-state index contributed by atoms with van der Waals surface area (Å²) in [5.74, 6) is -2.18. The molecule has 160 valence electrons. The second-order valence-electron chi connectivity index (χ2n) is 8.89. The molecule has 1 aliphatic carbocycles. The molecule has 1 saturated carbocycles. The molecule has 0 amide bonds. The van der Waals surface area contributed by atoms with Crippen molar-refractivity contribution in [3.05, 3.63) is 30.1 Å². The molecule has 0 aromatic carbocycles. The van der Waals surface area contributed by atoms with E-state index in [0.29, 0.717) is 18.4 Å². The number of nitriles is 3. The number of rotatable bonds is 1. The van der Waals surface area contributed by atoms with Crippen molar-refractivity contribution in [1.82, 2.24) is 4.98 Å². The van der Waals surface area contributed by atoms with Gasteiger partial charge in [-0.05, 0) is 30.5 Å². The zero-order chi connectivity index (χ0) is 22.0. The maximum atomic E-state index is 10.4. The van der Waals surface area contributed by atoms with E-state index >= 15 is 0 Å². The third-order valence-corrected chi connectivity index (χ3v) is 7.33. The molecule has 1 N–H and O–H groups in total. The number of nitrogens with one attached hydrogen (secondary N) is 1. The predicted octanol–water partition coefficient (Wildman–Crippen LogP) is 4.93. The highest BCUT2D eigenvalue weighted by molar-refractivity contribution is 5.88. The molecular formula is C24H27N5O2. The second-order valence-corrected chi connectivity index (χ2v) is 8.89. The normalized spacial score (nSPS) is 35.1. The van der Waals surface area contributed by atoms with Crippen LogP contribution in [0.25, 0.3) is 0 Å². The van der Waals surface area contributed by atoms with Gasteiger partial charge in [-0.15, -0.1) is 0 Å². The van der Waals surface area contributed by atoms with Gasteiger partial charge in [0.15, 0.2) is 10.8 Å². The van der Waals surface area contributed by atoms with E-state index in [1.807, 2.05) is 0 Å². The van der Waals surface area contributed by atoms with Gasteiger partial charge in [-0.1, -0.05) is 44.9 Å². The number of ether oxygens (including phenoxy) is 2. The van der Waals surface area contributed by atoms with Gasteiger partial charge in [-0.3, -0.25) is 10.4 Å². The Morgan fingerprint density at radius 1 is 0.903 bits per heavy atom. The average Bonchev–Trinajstić information content (AvgIpc) is 2.80. The summed E-state index contributed by atoms with van der Waals surface area (Å²) in [6.45, 7) is 0. The van der Waals surface area contributed by atoms with Crippen molar-refractivity contribution < 1.29 is 9.47 Å². The minimum absolute atomic E-state index is 0.325. The Labute approximate surface area is 183 Å². The first-order valence-corrected chi connectivity index (χ1v) is 11.2. The highest BCUT2D eigenvalue weighted by Crippen LogP contribution is 2.68. The molecule has 1 aromatic rings. The summed E-state index contributed by atoms with van der Waals surface area (Å²) < 4.78 is 12.7. The van der Waals surface area contributed by atoms with Crippen molar-refractivity contribution in [1.29, 1.82) is 21.2 Å². The van der Waals surface area contributed by atoms with Crippen molar-refractivity contribution in [3.8, 4) is 18.2 Å². The number of hydrogen-bond donors (Lipinski definition) is 1. The topological polar surface area (TPSA) is 127 Å². The van der Waals surface area contributed by atoms with Crippen molar-refractivity contribution in [2.24, 2.45) is 16.7 Å². The molecule has 4 aliphatic rings. The maximum Gasteiger partial charge on any atom is 0.218 e. The highest BCUT2D eigenvalue weighted by atomic mass is 16.7. The summed E-state index contributed by atoms with van der Waals surface area (Å²) >= 11 is 0. The second kappa shape index (κ2) is 8.29. The van der Waals surface area contributed by atoms with E-state index in [2.05, 4.69) is 23.2 Å². The Kier molecular flexibility index (Phi) is 5.69. The Bertz CT molecular complexity index is 945. The van der Waals surface area contributed by atoms with E-state index in [0.717, 1.165) is 38.5 Å². The quantitative estimate of drug-likeness (QED) is 0.690. The number of pyridine rings is 1. The van der Waals surface area contributed by atoms with Crippen LogP contribution in [0.5, 0.6) is 0 Å². The van der Waals surface area contributed by atoms with Gasteiger partial charge >= 0.3 is 0 Å². The fourth-order valence-corrected chi connectivity index (χ4v) is 5.74. The summed E-state index contributed by atoms with van der Waals surface area (Å²) in [5.41, 5.74) is -2.93. The molecule has 2 bridgehead atoms. The largest absolute Gasteiger partial charge is 0.447 e. The average molecular weight is 418 g/mol. The first kappa shape index (κ1) is 21.3. The maximum absolute atomic E-state index is 10.4. The minimum Gasteiger partial charge on any atom is -0.447 e. The Hall–Kier alpha value is -2.95. The fraction of sp³-hybridized carbons (Fsp3) is 0.625. The lowest BCUT2D eigenvalue weighted by Crippen LogP contribution is -2.72. The van der Waals surface area contributed by atoms with Gasteiger partial charge in [0.05, 0.1) is 24.1 Å². The molecular weight excluding hydrogens is 390 g/mol. The lowest BCUT2D eigenvalue weighted by molar-refractivity contribution is -0.355. The Balaban J connectivity index is 1.89. The van der Waals surface area contributed by atoms with Gasteiger partial charge in [0, 0.05) is 18.8 Å². The van der Waals surface area contributed by atoms with Crippen LogP contribution in [0.1, 0.15) is 75.9 Å². The van der Waals surface area contributed by atoms with Crippen LogP contribution in [0.3, 0.4) is 0 Å². The van der Waals surface area contributed by atoms with E-state index in [4.69, 9.17) is 14.9 Å². The zero-order valence-corrected chi connectivity index (χ0v) is 17.6. The van der Waals surface area contributed by atoms with Crippen LogP contribution in [-0.4, -0.2) is 16.7 Å². The third kappa shape index (κ3) is 3.01.